The Morgan fingerprint density at radius 2 is 1.79 bits per heavy atom. The fourth-order valence-corrected chi connectivity index (χ4v) is 4.06. The van der Waals surface area contributed by atoms with E-state index in [0.717, 1.165) is 49.7 Å². The van der Waals surface area contributed by atoms with Crippen molar-refractivity contribution < 1.29 is 10.0 Å². The van der Waals surface area contributed by atoms with Gasteiger partial charge in [0.1, 0.15) is 0 Å². The van der Waals surface area contributed by atoms with Gasteiger partial charge in [-0.1, -0.05) is 36.4 Å². The molecule has 0 bridgehead atoms. The van der Waals surface area contributed by atoms with Crippen LogP contribution in [0.5, 0.6) is 0 Å². The SMILES string of the molecule is Cc1ccc(-n2c(-c3ccccc3)nn(C[NH+]3CCC(O)CC3)c2=S)cc1C. The van der Waals surface area contributed by atoms with Crippen LogP contribution in [0.4, 0.5) is 0 Å². The summed E-state index contributed by atoms with van der Waals surface area (Å²) in [6.07, 6.45) is 1.52. The van der Waals surface area contributed by atoms with Crippen LogP contribution in [-0.2, 0) is 6.67 Å². The maximum atomic E-state index is 9.78. The predicted molar refractivity (Wildman–Crippen MR) is 113 cm³/mol. The van der Waals surface area contributed by atoms with Gasteiger partial charge in [-0.15, -0.1) is 5.10 Å². The highest BCUT2D eigenvalue weighted by Crippen LogP contribution is 2.23. The molecule has 3 aromatic rings. The van der Waals surface area contributed by atoms with Gasteiger partial charge in [-0.05, 0) is 49.3 Å². The summed E-state index contributed by atoms with van der Waals surface area (Å²) >= 11 is 5.86. The molecule has 0 aliphatic carbocycles. The van der Waals surface area contributed by atoms with Crippen molar-refractivity contribution in [3.05, 3.63) is 64.4 Å². The van der Waals surface area contributed by atoms with Crippen molar-refractivity contribution in [3.8, 4) is 17.1 Å². The van der Waals surface area contributed by atoms with Gasteiger partial charge in [0.05, 0.1) is 24.9 Å². The Morgan fingerprint density at radius 3 is 2.46 bits per heavy atom. The van der Waals surface area contributed by atoms with E-state index in [0.29, 0.717) is 4.77 Å². The number of aryl methyl sites for hydroxylation is 2. The van der Waals surface area contributed by atoms with E-state index in [1.54, 1.807) is 0 Å². The Bertz CT molecular complexity index is 1020. The molecule has 2 aromatic carbocycles. The van der Waals surface area contributed by atoms with Gasteiger partial charge in [-0.2, -0.15) is 4.68 Å². The lowest BCUT2D eigenvalue weighted by Gasteiger charge is -2.26. The molecule has 1 aromatic heterocycles. The number of rotatable bonds is 4. The second-order valence-corrected chi connectivity index (χ2v) is 8.08. The molecular weight excluding hydrogens is 368 g/mol. The molecule has 4 rings (SSSR count). The number of nitrogens with zero attached hydrogens (tertiary/aromatic N) is 3. The van der Waals surface area contributed by atoms with Gasteiger partial charge in [0.25, 0.3) is 0 Å². The van der Waals surface area contributed by atoms with Crippen LogP contribution in [0.2, 0.25) is 0 Å². The molecule has 2 heterocycles. The monoisotopic (exact) mass is 395 g/mol. The van der Waals surface area contributed by atoms with Crippen LogP contribution in [0.25, 0.3) is 17.1 Å². The summed E-state index contributed by atoms with van der Waals surface area (Å²) in [7, 11) is 0. The smallest absolute Gasteiger partial charge is 0.207 e. The number of piperidine rings is 1. The van der Waals surface area contributed by atoms with Crippen molar-refractivity contribution in [2.45, 2.75) is 39.5 Å². The van der Waals surface area contributed by atoms with Gasteiger partial charge in [0, 0.05) is 18.4 Å². The maximum absolute atomic E-state index is 9.78. The lowest BCUT2D eigenvalue weighted by Crippen LogP contribution is -3.12. The normalized spacial score (nSPS) is 19.7. The molecule has 0 unspecified atom stereocenters. The molecule has 1 fully saturated rings. The number of aliphatic hydroxyl groups is 1. The van der Waals surface area contributed by atoms with E-state index in [1.165, 1.54) is 16.0 Å². The van der Waals surface area contributed by atoms with Crippen LogP contribution in [0.1, 0.15) is 24.0 Å². The van der Waals surface area contributed by atoms with Crippen molar-refractivity contribution in [3.63, 3.8) is 0 Å². The standard InChI is InChI=1S/C22H26N4OS/c1-16-8-9-19(14-17(16)2)26-21(18-6-4-3-5-7-18)23-25(22(26)28)15-24-12-10-20(27)11-13-24/h3-9,14,20,27H,10-13,15H2,1-2H3/p+1. The summed E-state index contributed by atoms with van der Waals surface area (Å²) in [5.41, 5.74) is 4.60. The zero-order chi connectivity index (χ0) is 19.7. The quantitative estimate of drug-likeness (QED) is 0.668. The summed E-state index contributed by atoms with van der Waals surface area (Å²) < 4.78 is 4.73. The van der Waals surface area contributed by atoms with Crippen molar-refractivity contribution in [1.29, 1.82) is 0 Å². The number of benzene rings is 2. The van der Waals surface area contributed by atoms with Crippen LogP contribution < -0.4 is 4.90 Å². The highest BCUT2D eigenvalue weighted by molar-refractivity contribution is 7.71. The molecule has 5 nitrogen and oxygen atoms in total. The van der Waals surface area contributed by atoms with Crippen LogP contribution in [0, 0.1) is 18.6 Å². The van der Waals surface area contributed by atoms with E-state index in [9.17, 15) is 5.11 Å². The Labute approximate surface area is 170 Å². The molecule has 0 saturated carbocycles. The van der Waals surface area contributed by atoms with E-state index < -0.39 is 0 Å². The molecular formula is C22H27N4OS+. The van der Waals surface area contributed by atoms with Gasteiger partial charge < -0.3 is 10.0 Å². The minimum absolute atomic E-state index is 0.162. The van der Waals surface area contributed by atoms with Gasteiger partial charge >= 0.3 is 0 Å². The zero-order valence-electron chi connectivity index (χ0n) is 16.4. The van der Waals surface area contributed by atoms with Crippen LogP contribution >= 0.6 is 12.2 Å². The maximum Gasteiger partial charge on any atom is 0.207 e. The van der Waals surface area contributed by atoms with Crippen LogP contribution in [0.15, 0.2) is 48.5 Å². The summed E-state index contributed by atoms with van der Waals surface area (Å²) in [6.45, 7) is 6.86. The molecule has 2 N–H and O–H groups in total. The van der Waals surface area contributed by atoms with Crippen molar-refractivity contribution in [2.75, 3.05) is 13.1 Å². The van der Waals surface area contributed by atoms with Gasteiger partial charge in [-0.3, -0.25) is 4.57 Å². The van der Waals surface area contributed by atoms with Crippen LogP contribution in [-0.4, -0.2) is 38.6 Å². The second kappa shape index (κ2) is 7.99. The van der Waals surface area contributed by atoms with Crippen molar-refractivity contribution in [1.82, 2.24) is 14.3 Å². The third-order valence-electron chi connectivity index (χ3n) is 5.66. The summed E-state index contributed by atoms with van der Waals surface area (Å²) in [5, 5.41) is 14.7. The molecule has 6 heteroatoms. The average Bonchev–Trinajstić information content (AvgIpc) is 3.03. The summed E-state index contributed by atoms with van der Waals surface area (Å²) in [6, 6.07) is 16.6. The molecule has 0 atom stereocenters. The number of aliphatic hydroxyl groups excluding tert-OH is 1. The Balaban J connectivity index is 1.78. The molecule has 1 aliphatic heterocycles. The average molecular weight is 396 g/mol. The number of hydrogen-bond donors (Lipinski definition) is 2. The zero-order valence-corrected chi connectivity index (χ0v) is 17.2. The molecule has 1 aliphatic rings. The van der Waals surface area contributed by atoms with E-state index in [1.807, 2.05) is 22.9 Å². The minimum Gasteiger partial charge on any atom is -0.393 e. The lowest BCUT2D eigenvalue weighted by atomic mass is 10.1. The van der Waals surface area contributed by atoms with Crippen molar-refractivity contribution in [2.24, 2.45) is 0 Å². The molecule has 0 spiro atoms. The Morgan fingerprint density at radius 1 is 1.07 bits per heavy atom. The predicted octanol–water partition coefficient (Wildman–Crippen LogP) is 2.68. The highest BCUT2D eigenvalue weighted by atomic mass is 32.1. The summed E-state index contributed by atoms with van der Waals surface area (Å²) in [4.78, 5) is 1.41. The van der Waals surface area contributed by atoms with E-state index in [4.69, 9.17) is 17.3 Å². The molecule has 0 radical (unpaired) electrons. The Kier molecular flexibility index (Phi) is 5.44. The number of hydrogen-bond acceptors (Lipinski definition) is 3. The van der Waals surface area contributed by atoms with Gasteiger partial charge in [-0.25, -0.2) is 0 Å². The molecule has 0 amide bonds. The third-order valence-corrected chi connectivity index (χ3v) is 6.05. The van der Waals surface area contributed by atoms with E-state index >= 15 is 0 Å². The highest BCUT2D eigenvalue weighted by Gasteiger charge is 2.22. The van der Waals surface area contributed by atoms with E-state index in [-0.39, 0.29) is 6.10 Å². The third kappa shape index (κ3) is 3.81. The van der Waals surface area contributed by atoms with E-state index in [2.05, 4.69) is 48.7 Å². The number of quaternary nitrogens is 1. The molecule has 28 heavy (non-hydrogen) atoms. The first-order valence-corrected chi connectivity index (χ1v) is 10.3. The van der Waals surface area contributed by atoms with Crippen LogP contribution in [0.3, 0.4) is 0 Å². The van der Waals surface area contributed by atoms with Crippen molar-refractivity contribution >= 4 is 12.2 Å². The topological polar surface area (TPSA) is 47.4 Å². The first kappa shape index (κ1) is 19.1. The molecule has 146 valence electrons. The summed E-state index contributed by atoms with van der Waals surface area (Å²) in [5.74, 6) is 0.866. The number of nitrogens with one attached hydrogen (secondary N) is 1. The molecule has 1 saturated heterocycles. The minimum atomic E-state index is -0.162. The fraction of sp³-hybridized carbons (Fsp3) is 0.364. The lowest BCUT2D eigenvalue weighted by molar-refractivity contribution is -0.929. The fourth-order valence-electron chi connectivity index (χ4n) is 3.76. The number of aromatic nitrogens is 3. The number of likely N-dealkylation sites (tertiary alicyclic amines) is 1. The largest absolute Gasteiger partial charge is 0.393 e. The first-order valence-electron chi connectivity index (χ1n) is 9.87. The van der Waals surface area contributed by atoms with Gasteiger partial charge in [0.2, 0.25) is 4.77 Å². The first-order chi connectivity index (χ1) is 13.5. The Hall–Kier alpha value is -2.28. The second-order valence-electron chi connectivity index (χ2n) is 7.72. The van der Waals surface area contributed by atoms with Gasteiger partial charge in [0.15, 0.2) is 12.5 Å².